The second-order valence-electron chi connectivity index (χ2n) is 6.09. The predicted molar refractivity (Wildman–Crippen MR) is 76.7 cm³/mol. The Balaban J connectivity index is 2.03. The van der Waals surface area contributed by atoms with E-state index in [-0.39, 0.29) is 11.7 Å². The molecule has 1 aliphatic heterocycles. The Labute approximate surface area is 127 Å². The van der Waals surface area contributed by atoms with Gasteiger partial charge in [0.2, 0.25) is 5.78 Å². The van der Waals surface area contributed by atoms with Gasteiger partial charge in [0, 0.05) is 36.6 Å². The minimum absolute atomic E-state index is 0.0666. The zero-order valence-corrected chi connectivity index (χ0v) is 12.6. The standard InChI is InChI=1S/C15H19F3N4/c1-10(2)21-6-3-4-11(9-21)12-8-13(15(16,17)18)20-14-19-5-7-22(12)14/h5,7-8,10-11H,3-4,6,9H2,1-2H3/t11-/m1/s1. The van der Waals surface area contributed by atoms with Crippen molar-refractivity contribution in [3.05, 3.63) is 29.8 Å². The summed E-state index contributed by atoms with van der Waals surface area (Å²) in [4.78, 5) is 9.88. The van der Waals surface area contributed by atoms with Crippen molar-refractivity contribution >= 4 is 5.78 Å². The number of nitrogens with zero attached hydrogens (tertiary/aromatic N) is 4. The van der Waals surface area contributed by atoms with Crippen molar-refractivity contribution in [3.63, 3.8) is 0 Å². The Morgan fingerprint density at radius 2 is 2.09 bits per heavy atom. The molecular formula is C15H19F3N4. The summed E-state index contributed by atoms with van der Waals surface area (Å²) in [6, 6.07) is 1.58. The summed E-state index contributed by atoms with van der Waals surface area (Å²) >= 11 is 0. The SMILES string of the molecule is CC(C)N1CCC[C@@H](c2cc(C(F)(F)F)nc3nccn23)C1. The lowest BCUT2D eigenvalue weighted by Crippen LogP contribution is -2.39. The lowest BCUT2D eigenvalue weighted by Gasteiger charge is -2.35. The Hall–Kier alpha value is -1.63. The molecule has 0 aromatic carbocycles. The summed E-state index contributed by atoms with van der Waals surface area (Å²) in [7, 11) is 0. The minimum Gasteiger partial charge on any atom is -0.300 e. The van der Waals surface area contributed by atoms with E-state index in [4.69, 9.17) is 0 Å². The van der Waals surface area contributed by atoms with Gasteiger partial charge < -0.3 is 4.90 Å². The topological polar surface area (TPSA) is 33.4 Å². The van der Waals surface area contributed by atoms with Crippen LogP contribution in [0.5, 0.6) is 0 Å². The highest BCUT2D eigenvalue weighted by molar-refractivity contribution is 5.35. The maximum Gasteiger partial charge on any atom is 0.433 e. The fourth-order valence-electron chi connectivity index (χ4n) is 3.11. The molecule has 7 heteroatoms. The second kappa shape index (κ2) is 5.53. The number of likely N-dealkylation sites (tertiary alicyclic amines) is 1. The molecule has 3 rings (SSSR count). The number of hydrogen-bond acceptors (Lipinski definition) is 3. The first-order valence-corrected chi connectivity index (χ1v) is 7.51. The van der Waals surface area contributed by atoms with Gasteiger partial charge in [0.25, 0.3) is 0 Å². The summed E-state index contributed by atoms with van der Waals surface area (Å²) in [5.41, 5.74) is -0.206. The molecule has 1 fully saturated rings. The van der Waals surface area contributed by atoms with E-state index in [9.17, 15) is 13.2 Å². The van der Waals surface area contributed by atoms with Crippen LogP contribution < -0.4 is 0 Å². The summed E-state index contributed by atoms with van der Waals surface area (Å²) in [6.45, 7) is 6.00. The third-order valence-corrected chi connectivity index (χ3v) is 4.30. The van der Waals surface area contributed by atoms with Crippen molar-refractivity contribution in [2.45, 2.75) is 44.8 Å². The first-order valence-electron chi connectivity index (χ1n) is 7.51. The molecule has 0 bridgehead atoms. The Bertz CT molecular complexity index is 662. The maximum atomic E-state index is 13.1. The van der Waals surface area contributed by atoms with E-state index < -0.39 is 11.9 Å². The first kappa shape index (κ1) is 15.3. The quantitative estimate of drug-likeness (QED) is 0.853. The van der Waals surface area contributed by atoms with Crippen molar-refractivity contribution in [3.8, 4) is 0 Å². The zero-order valence-electron chi connectivity index (χ0n) is 12.6. The third kappa shape index (κ3) is 2.82. The van der Waals surface area contributed by atoms with Gasteiger partial charge in [0.1, 0.15) is 5.69 Å². The van der Waals surface area contributed by atoms with Crippen LogP contribution in [0.3, 0.4) is 0 Å². The molecule has 1 saturated heterocycles. The molecule has 0 saturated carbocycles. The van der Waals surface area contributed by atoms with Crippen molar-refractivity contribution in [1.82, 2.24) is 19.3 Å². The largest absolute Gasteiger partial charge is 0.433 e. The van der Waals surface area contributed by atoms with Gasteiger partial charge in [-0.05, 0) is 39.3 Å². The molecule has 0 aliphatic carbocycles. The first-order chi connectivity index (χ1) is 10.4. The van der Waals surface area contributed by atoms with Gasteiger partial charge in [-0.15, -0.1) is 0 Å². The number of halogens is 3. The zero-order chi connectivity index (χ0) is 15.9. The normalized spacial score (nSPS) is 20.9. The maximum absolute atomic E-state index is 13.1. The molecule has 2 aromatic heterocycles. The third-order valence-electron chi connectivity index (χ3n) is 4.30. The predicted octanol–water partition coefficient (Wildman–Crippen LogP) is 3.34. The van der Waals surface area contributed by atoms with Gasteiger partial charge in [-0.1, -0.05) is 0 Å². The lowest BCUT2D eigenvalue weighted by molar-refractivity contribution is -0.141. The number of fused-ring (bicyclic) bond motifs is 1. The molecular weight excluding hydrogens is 293 g/mol. The number of piperidine rings is 1. The van der Waals surface area contributed by atoms with Crippen molar-refractivity contribution < 1.29 is 13.2 Å². The number of aromatic nitrogens is 3. The molecule has 3 heterocycles. The highest BCUT2D eigenvalue weighted by atomic mass is 19.4. The summed E-state index contributed by atoms with van der Waals surface area (Å²) in [5.74, 6) is 0.184. The number of alkyl halides is 3. The van der Waals surface area contributed by atoms with Gasteiger partial charge in [-0.3, -0.25) is 4.40 Å². The fraction of sp³-hybridized carbons (Fsp3) is 0.600. The average Bonchev–Trinajstić information content (AvgIpc) is 2.93. The van der Waals surface area contributed by atoms with E-state index in [1.54, 1.807) is 10.6 Å². The van der Waals surface area contributed by atoms with E-state index in [2.05, 4.69) is 28.7 Å². The van der Waals surface area contributed by atoms with E-state index in [0.717, 1.165) is 25.9 Å². The molecule has 22 heavy (non-hydrogen) atoms. The van der Waals surface area contributed by atoms with E-state index >= 15 is 0 Å². The minimum atomic E-state index is -4.45. The molecule has 1 atom stereocenters. The Kier molecular flexibility index (Phi) is 3.84. The molecule has 120 valence electrons. The number of hydrogen-bond donors (Lipinski definition) is 0. The van der Waals surface area contributed by atoms with Crippen LogP contribution in [0.15, 0.2) is 18.5 Å². The van der Waals surface area contributed by atoms with Crippen LogP contribution in [-0.4, -0.2) is 38.4 Å². The molecule has 0 amide bonds. The molecule has 0 radical (unpaired) electrons. The summed E-state index contributed by atoms with van der Waals surface area (Å²) in [6.07, 6.45) is 0.608. The van der Waals surface area contributed by atoms with Gasteiger partial charge >= 0.3 is 6.18 Å². The van der Waals surface area contributed by atoms with E-state index in [0.29, 0.717) is 11.7 Å². The second-order valence-corrected chi connectivity index (χ2v) is 6.09. The smallest absolute Gasteiger partial charge is 0.300 e. The monoisotopic (exact) mass is 312 g/mol. The van der Waals surface area contributed by atoms with Gasteiger partial charge in [-0.2, -0.15) is 13.2 Å². The van der Waals surface area contributed by atoms with Gasteiger partial charge in [0.05, 0.1) is 0 Å². The molecule has 0 N–H and O–H groups in total. The Morgan fingerprint density at radius 3 is 2.77 bits per heavy atom. The highest BCUT2D eigenvalue weighted by Gasteiger charge is 2.35. The Morgan fingerprint density at radius 1 is 1.32 bits per heavy atom. The highest BCUT2D eigenvalue weighted by Crippen LogP contribution is 2.33. The summed E-state index contributed by atoms with van der Waals surface area (Å²) in [5, 5.41) is 0. The molecule has 2 aromatic rings. The summed E-state index contributed by atoms with van der Waals surface area (Å²) < 4.78 is 40.9. The molecule has 0 unspecified atom stereocenters. The average molecular weight is 312 g/mol. The van der Waals surface area contributed by atoms with Gasteiger partial charge in [0.15, 0.2) is 0 Å². The van der Waals surface area contributed by atoms with Crippen LogP contribution in [0.25, 0.3) is 5.78 Å². The van der Waals surface area contributed by atoms with Crippen molar-refractivity contribution in [2.24, 2.45) is 0 Å². The molecule has 4 nitrogen and oxygen atoms in total. The van der Waals surface area contributed by atoms with Crippen LogP contribution >= 0.6 is 0 Å². The van der Waals surface area contributed by atoms with E-state index in [1.807, 2.05) is 0 Å². The van der Waals surface area contributed by atoms with Crippen LogP contribution in [0.2, 0.25) is 0 Å². The van der Waals surface area contributed by atoms with E-state index in [1.165, 1.54) is 12.3 Å². The van der Waals surface area contributed by atoms with Crippen LogP contribution in [0.1, 0.15) is 44.0 Å². The van der Waals surface area contributed by atoms with Crippen LogP contribution in [0, 0.1) is 0 Å². The van der Waals surface area contributed by atoms with Crippen LogP contribution in [0.4, 0.5) is 13.2 Å². The van der Waals surface area contributed by atoms with Crippen molar-refractivity contribution in [1.29, 1.82) is 0 Å². The van der Waals surface area contributed by atoms with Gasteiger partial charge in [-0.25, -0.2) is 9.97 Å². The number of rotatable bonds is 2. The lowest BCUT2D eigenvalue weighted by atomic mass is 9.93. The van der Waals surface area contributed by atoms with Crippen LogP contribution in [-0.2, 0) is 6.18 Å². The number of imidazole rings is 1. The molecule has 1 aliphatic rings. The fourth-order valence-corrected chi connectivity index (χ4v) is 3.11. The molecule has 0 spiro atoms. The van der Waals surface area contributed by atoms with Crippen molar-refractivity contribution in [2.75, 3.05) is 13.1 Å².